The van der Waals surface area contributed by atoms with Crippen molar-refractivity contribution in [2.45, 2.75) is 38.8 Å². The van der Waals surface area contributed by atoms with E-state index in [1.165, 1.54) is 29.7 Å². The molecule has 1 N–H and O–H groups in total. The molecule has 0 saturated carbocycles. The van der Waals surface area contributed by atoms with Crippen LogP contribution in [0, 0.1) is 0 Å². The monoisotopic (exact) mass is 333 g/mol. The first-order valence-corrected chi connectivity index (χ1v) is 8.09. The third-order valence-electron chi connectivity index (χ3n) is 3.96. The van der Waals surface area contributed by atoms with Crippen LogP contribution in [0.15, 0.2) is 34.9 Å². The Morgan fingerprint density at radius 2 is 2.15 bits per heavy atom. The number of hydrogen-bond acceptors (Lipinski definition) is 2. The highest BCUT2D eigenvalue weighted by atomic mass is 79.9. The van der Waals surface area contributed by atoms with Crippen molar-refractivity contribution < 1.29 is 0 Å². The summed E-state index contributed by atoms with van der Waals surface area (Å²) < 4.78 is 3.29. The predicted molar refractivity (Wildman–Crippen MR) is 84.8 cm³/mol. The Labute approximate surface area is 128 Å². The van der Waals surface area contributed by atoms with E-state index in [0.29, 0.717) is 6.04 Å². The Morgan fingerprint density at radius 3 is 2.90 bits per heavy atom. The normalized spacial score (nSPS) is 18.0. The summed E-state index contributed by atoms with van der Waals surface area (Å²) >= 11 is 3.48. The average Bonchev–Trinajstić information content (AvgIpc) is 2.86. The van der Waals surface area contributed by atoms with Crippen LogP contribution in [-0.2, 0) is 13.0 Å². The first kappa shape index (κ1) is 13.8. The minimum atomic E-state index is 0.488. The molecular weight excluding hydrogens is 314 g/mol. The number of benzene rings is 1. The van der Waals surface area contributed by atoms with Gasteiger partial charge < -0.3 is 5.32 Å². The Hall–Kier alpha value is -1.13. The zero-order valence-corrected chi connectivity index (χ0v) is 13.4. The van der Waals surface area contributed by atoms with Crippen LogP contribution in [0.25, 0.3) is 0 Å². The Balaban J connectivity index is 1.83. The number of aromatic nitrogens is 2. The quantitative estimate of drug-likeness (QED) is 0.924. The average molecular weight is 334 g/mol. The molecule has 1 aromatic heterocycles. The van der Waals surface area contributed by atoms with Gasteiger partial charge in [-0.3, -0.25) is 4.68 Å². The van der Waals surface area contributed by atoms with Crippen molar-refractivity contribution in [2.75, 3.05) is 6.54 Å². The first-order valence-electron chi connectivity index (χ1n) is 7.30. The summed E-state index contributed by atoms with van der Waals surface area (Å²) in [6.07, 6.45) is 5.68. The van der Waals surface area contributed by atoms with Gasteiger partial charge in [-0.1, -0.05) is 35.0 Å². The molecule has 1 aromatic carbocycles. The molecule has 1 aliphatic carbocycles. The zero-order valence-electron chi connectivity index (χ0n) is 11.8. The zero-order chi connectivity index (χ0) is 13.9. The highest BCUT2D eigenvalue weighted by Crippen LogP contribution is 2.29. The summed E-state index contributed by atoms with van der Waals surface area (Å²) in [4.78, 5) is 0. The molecule has 1 atom stereocenters. The third kappa shape index (κ3) is 2.81. The van der Waals surface area contributed by atoms with E-state index in [1.807, 2.05) is 0 Å². The maximum absolute atomic E-state index is 4.61. The summed E-state index contributed by atoms with van der Waals surface area (Å²) in [5.74, 6) is 0. The smallest absolute Gasteiger partial charge is 0.0662 e. The van der Waals surface area contributed by atoms with E-state index in [4.69, 9.17) is 0 Å². The van der Waals surface area contributed by atoms with Crippen molar-refractivity contribution >= 4 is 15.9 Å². The molecule has 1 aliphatic rings. The maximum Gasteiger partial charge on any atom is 0.0662 e. The van der Waals surface area contributed by atoms with E-state index < -0.39 is 0 Å². The lowest BCUT2D eigenvalue weighted by atomic mass is 9.93. The molecule has 0 bridgehead atoms. The van der Waals surface area contributed by atoms with Gasteiger partial charge >= 0.3 is 0 Å². The van der Waals surface area contributed by atoms with E-state index in [9.17, 15) is 0 Å². The van der Waals surface area contributed by atoms with Gasteiger partial charge in [0.15, 0.2) is 0 Å². The van der Waals surface area contributed by atoms with Crippen LogP contribution in [0.4, 0.5) is 0 Å². The number of halogens is 1. The predicted octanol–water partition coefficient (Wildman–Crippen LogP) is 3.68. The Kier molecular flexibility index (Phi) is 4.22. The van der Waals surface area contributed by atoms with E-state index in [2.05, 4.69) is 68.4 Å². The van der Waals surface area contributed by atoms with Crippen molar-refractivity contribution in [2.24, 2.45) is 0 Å². The van der Waals surface area contributed by atoms with Crippen LogP contribution >= 0.6 is 15.9 Å². The number of fused-ring (bicyclic) bond motifs is 1. The molecule has 0 amide bonds. The molecule has 2 aromatic rings. The minimum Gasteiger partial charge on any atom is -0.310 e. The molecule has 4 heteroatoms. The molecule has 3 nitrogen and oxygen atoms in total. The molecule has 0 radical (unpaired) electrons. The molecule has 0 fully saturated rings. The molecular formula is C16H20BrN3. The van der Waals surface area contributed by atoms with Gasteiger partial charge in [0.25, 0.3) is 0 Å². The molecule has 3 rings (SSSR count). The standard InChI is InChI=1S/C16H20BrN3/c1-2-18-15-4-3-5-16-14(15)10-19-20(16)11-12-6-8-13(17)9-7-12/h6-10,15,18H,2-5,11H2,1H3. The van der Waals surface area contributed by atoms with Gasteiger partial charge in [0.05, 0.1) is 12.7 Å². The summed E-state index contributed by atoms with van der Waals surface area (Å²) in [7, 11) is 0. The SMILES string of the molecule is CCNC1CCCc2c1cnn2Cc1ccc(Br)cc1. The van der Waals surface area contributed by atoms with Crippen molar-refractivity contribution in [3.8, 4) is 0 Å². The number of rotatable bonds is 4. The molecule has 106 valence electrons. The summed E-state index contributed by atoms with van der Waals surface area (Å²) in [5, 5.41) is 8.18. The van der Waals surface area contributed by atoms with E-state index in [1.54, 1.807) is 0 Å². The summed E-state index contributed by atoms with van der Waals surface area (Å²) in [6.45, 7) is 4.05. The fourth-order valence-electron chi connectivity index (χ4n) is 2.98. The molecule has 0 saturated heterocycles. The number of nitrogens with one attached hydrogen (secondary N) is 1. The molecule has 0 aliphatic heterocycles. The lowest BCUT2D eigenvalue weighted by molar-refractivity contribution is 0.460. The highest BCUT2D eigenvalue weighted by molar-refractivity contribution is 9.10. The largest absolute Gasteiger partial charge is 0.310 e. The number of hydrogen-bond donors (Lipinski definition) is 1. The fourth-order valence-corrected chi connectivity index (χ4v) is 3.24. The van der Waals surface area contributed by atoms with E-state index in [-0.39, 0.29) is 0 Å². The van der Waals surface area contributed by atoms with Gasteiger partial charge in [-0.2, -0.15) is 5.10 Å². The lowest BCUT2D eigenvalue weighted by Gasteiger charge is -2.23. The second kappa shape index (κ2) is 6.10. The second-order valence-electron chi connectivity index (χ2n) is 5.33. The maximum atomic E-state index is 4.61. The topological polar surface area (TPSA) is 29.9 Å². The van der Waals surface area contributed by atoms with Gasteiger partial charge in [0.2, 0.25) is 0 Å². The van der Waals surface area contributed by atoms with E-state index in [0.717, 1.165) is 24.0 Å². The second-order valence-corrected chi connectivity index (χ2v) is 6.25. The minimum absolute atomic E-state index is 0.488. The van der Waals surface area contributed by atoms with Crippen molar-refractivity contribution in [3.05, 3.63) is 51.8 Å². The van der Waals surface area contributed by atoms with Crippen molar-refractivity contribution in [1.29, 1.82) is 0 Å². The molecule has 0 spiro atoms. The van der Waals surface area contributed by atoms with Gasteiger partial charge in [0.1, 0.15) is 0 Å². The molecule has 1 heterocycles. The van der Waals surface area contributed by atoms with Gasteiger partial charge in [-0.25, -0.2) is 0 Å². The van der Waals surface area contributed by atoms with Crippen LogP contribution in [0.2, 0.25) is 0 Å². The third-order valence-corrected chi connectivity index (χ3v) is 4.49. The summed E-state index contributed by atoms with van der Waals surface area (Å²) in [6, 6.07) is 8.98. The van der Waals surface area contributed by atoms with Crippen LogP contribution in [-0.4, -0.2) is 16.3 Å². The molecule has 1 unspecified atom stereocenters. The Bertz CT molecular complexity index is 574. The fraction of sp³-hybridized carbons (Fsp3) is 0.438. The van der Waals surface area contributed by atoms with Gasteiger partial charge in [0, 0.05) is 21.8 Å². The van der Waals surface area contributed by atoms with Crippen LogP contribution in [0.1, 0.15) is 42.6 Å². The lowest BCUT2D eigenvalue weighted by Crippen LogP contribution is -2.25. The van der Waals surface area contributed by atoms with Crippen molar-refractivity contribution in [1.82, 2.24) is 15.1 Å². The van der Waals surface area contributed by atoms with Gasteiger partial charge in [-0.15, -0.1) is 0 Å². The number of nitrogens with zero attached hydrogens (tertiary/aromatic N) is 2. The van der Waals surface area contributed by atoms with Crippen molar-refractivity contribution in [3.63, 3.8) is 0 Å². The van der Waals surface area contributed by atoms with Gasteiger partial charge in [-0.05, 0) is 43.5 Å². The molecule has 20 heavy (non-hydrogen) atoms. The highest BCUT2D eigenvalue weighted by Gasteiger charge is 2.23. The first-order chi connectivity index (χ1) is 9.78. The summed E-state index contributed by atoms with van der Waals surface area (Å²) in [5.41, 5.74) is 4.10. The van der Waals surface area contributed by atoms with E-state index >= 15 is 0 Å². The Morgan fingerprint density at radius 1 is 1.35 bits per heavy atom. The van der Waals surface area contributed by atoms with Crippen LogP contribution in [0.5, 0.6) is 0 Å². The van der Waals surface area contributed by atoms with Crippen LogP contribution in [0.3, 0.4) is 0 Å². The van der Waals surface area contributed by atoms with Crippen LogP contribution < -0.4 is 5.32 Å².